The van der Waals surface area contributed by atoms with Gasteiger partial charge in [-0.3, -0.25) is 4.79 Å². The van der Waals surface area contributed by atoms with Crippen LogP contribution in [0.2, 0.25) is 5.28 Å². The number of hydrogen-bond acceptors (Lipinski definition) is 5. The number of carbonyl (C=O) groups is 1. The van der Waals surface area contributed by atoms with Crippen molar-refractivity contribution in [1.29, 1.82) is 0 Å². The molecule has 19 heavy (non-hydrogen) atoms. The lowest BCUT2D eigenvalue weighted by molar-refractivity contribution is 0.102. The molecule has 2 aromatic rings. The standard InChI is InChI=1S/C12H11ClN4O2/c1-19-9-6-7(2-3-8(9)14)11(18)16-10-4-5-15-12(13)17-10/h2-6H,14H2,1H3,(H,15,16,17,18). The summed E-state index contributed by atoms with van der Waals surface area (Å²) in [7, 11) is 1.48. The van der Waals surface area contributed by atoms with Gasteiger partial charge in [0.15, 0.2) is 0 Å². The van der Waals surface area contributed by atoms with Crippen molar-refractivity contribution in [2.45, 2.75) is 0 Å². The van der Waals surface area contributed by atoms with Crippen LogP contribution in [0.15, 0.2) is 30.5 Å². The second-order valence-electron chi connectivity index (χ2n) is 3.62. The minimum absolute atomic E-state index is 0.0627. The number of nitrogen functional groups attached to an aromatic ring is 1. The van der Waals surface area contributed by atoms with E-state index in [1.807, 2.05) is 0 Å². The first-order valence-electron chi connectivity index (χ1n) is 5.33. The topological polar surface area (TPSA) is 90.1 Å². The van der Waals surface area contributed by atoms with Crippen molar-refractivity contribution in [3.8, 4) is 5.75 Å². The molecule has 2 rings (SSSR count). The van der Waals surface area contributed by atoms with E-state index in [9.17, 15) is 4.79 Å². The molecule has 1 heterocycles. The molecule has 1 aromatic carbocycles. The van der Waals surface area contributed by atoms with Gasteiger partial charge < -0.3 is 15.8 Å². The number of amides is 1. The zero-order valence-corrected chi connectivity index (χ0v) is 10.8. The number of aromatic nitrogens is 2. The number of rotatable bonds is 3. The molecule has 0 spiro atoms. The number of benzene rings is 1. The van der Waals surface area contributed by atoms with Crippen LogP contribution in [0.5, 0.6) is 5.75 Å². The van der Waals surface area contributed by atoms with Gasteiger partial charge in [-0.25, -0.2) is 9.97 Å². The first-order valence-corrected chi connectivity index (χ1v) is 5.71. The molecule has 0 aliphatic heterocycles. The highest BCUT2D eigenvalue weighted by Crippen LogP contribution is 2.22. The first-order chi connectivity index (χ1) is 9.10. The summed E-state index contributed by atoms with van der Waals surface area (Å²) in [6, 6.07) is 6.28. The summed E-state index contributed by atoms with van der Waals surface area (Å²) in [6.45, 7) is 0. The summed E-state index contributed by atoms with van der Waals surface area (Å²) >= 11 is 5.63. The first kappa shape index (κ1) is 13.1. The maximum Gasteiger partial charge on any atom is 0.256 e. The van der Waals surface area contributed by atoms with Crippen LogP contribution in [-0.2, 0) is 0 Å². The van der Waals surface area contributed by atoms with Gasteiger partial charge in [-0.2, -0.15) is 0 Å². The van der Waals surface area contributed by atoms with Crippen molar-refractivity contribution in [2.24, 2.45) is 0 Å². The Morgan fingerprint density at radius 1 is 1.42 bits per heavy atom. The van der Waals surface area contributed by atoms with Gasteiger partial charge in [-0.05, 0) is 35.9 Å². The zero-order valence-electron chi connectivity index (χ0n) is 10.1. The van der Waals surface area contributed by atoms with Gasteiger partial charge in [0.05, 0.1) is 12.8 Å². The minimum atomic E-state index is -0.340. The van der Waals surface area contributed by atoms with E-state index in [4.69, 9.17) is 22.1 Å². The van der Waals surface area contributed by atoms with Crippen LogP contribution in [0.3, 0.4) is 0 Å². The number of nitrogens with two attached hydrogens (primary N) is 1. The third-order valence-electron chi connectivity index (χ3n) is 2.36. The van der Waals surface area contributed by atoms with Crippen LogP contribution < -0.4 is 15.8 Å². The monoisotopic (exact) mass is 278 g/mol. The molecular formula is C12H11ClN4O2. The minimum Gasteiger partial charge on any atom is -0.495 e. The van der Waals surface area contributed by atoms with E-state index in [1.54, 1.807) is 18.2 Å². The summed E-state index contributed by atoms with van der Waals surface area (Å²) in [5, 5.41) is 2.66. The molecule has 0 fully saturated rings. The maximum absolute atomic E-state index is 12.0. The van der Waals surface area contributed by atoms with E-state index in [0.717, 1.165) is 0 Å². The van der Waals surface area contributed by atoms with Crippen molar-refractivity contribution in [3.63, 3.8) is 0 Å². The maximum atomic E-state index is 12.0. The molecule has 0 aliphatic rings. The fraction of sp³-hybridized carbons (Fsp3) is 0.0833. The molecule has 0 unspecified atom stereocenters. The molecule has 0 aliphatic carbocycles. The van der Waals surface area contributed by atoms with Crippen molar-refractivity contribution in [1.82, 2.24) is 9.97 Å². The molecule has 0 saturated heterocycles. The average molecular weight is 279 g/mol. The summed E-state index contributed by atoms with van der Waals surface area (Å²) < 4.78 is 5.05. The number of carbonyl (C=O) groups excluding carboxylic acids is 1. The molecule has 0 radical (unpaired) electrons. The van der Waals surface area contributed by atoms with Crippen LogP contribution >= 0.6 is 11.6 Å². The van der Waals surface area contributed by atoms with Gasteiger partial charge in [0.2, 0.25) is 5.28 Å². The van der Waals surface area contributed by atoms with E-state index < -0.39 is 0 Å². The number of anilines is 2. The fourth-order valence-corrected chi connectivity index (χ4v) is 1.59. The normalized spacial score (nSPS) is 10.0. The van der Waals surface area contributed by atoms with E-state index in [-0.39, 0.29) is 11.2 Å². The van der Waals surface area contributed by atoms with Gasteiger partial charge >= 0.3 is 0 Å². The second kappa shape index (κ2) is 5.53. The van der Waals surface area contributed by atoms with Crippen LogP contribution in [0.25, 0.3) is 0 Å². The van der Waals surface area contributed by atoms with Gasteiger partial charge in [-0.1, -0.05) is 0 Å². The predicted octanol–water partition coefficient (Wildman–Crippen LogP) is 1.97. The molecule has 1 aromatic heterocycles. The Labute approximate surface area is 114 Å². The summed E-state index contributed by atoms with van der Waals surface area (Å²) in [5.74, 6) is 0.419. The number of hydrogen-bond donors (Lipinski definition) is 2. The van der Waals surface area contributed by atoms with Crippen LogP contribution in [-0.4, -0.2) is 23.0 Å². The Kier molecular flexibility index (Phi) is 3.82. The highest BCUT2D eigenvalue weighted by molar-refractivity contribution is 6.28. The molecular weight excluding hydrogens is 268 g/mol. The molecule has 0 saturated carbocycles. The Morgan fingerprint density at radius 2 is 2.21 bits per heavy atom. The van der Waals surface area contributed by atoms with E-state index in [0.29, 0.717) is 22.8 Å². The van der Waals surface area contributed by atoms with Crippen LogP contribution in [0, 0.1) is 0 Å². The van der Waals surface area contributed by atoms with E-state index in [1.165, 1.54) is 19.4 Å². The summed E-state index contributed by atoms with van der Waals surface area (Å²) in [5.41, 5.74) is 6.54. The average Bonchev–Trinajstić information content (AvgIpc) is 2.39. The lowest BCUT2D eigenvalue weighted by atomic mass is 10.2. The number of methoxy groups -OCH3 is 1. The quantitative estimate of drug-likeness (QED) is 0.662. The molecule has 0 atom stereocenters. The predicted molar refractivity (Wildman–Crippen MR) is 72.4 cm³/mol. The van der Waals surface area contributed by atoms with Crippen molar-refractivity contribution >= 4 is 29.0 Å². The van der Waals surface area contributed by atoms with Crippen LogP contribution in [0.1, 0.15) is 10.4 Å². The molecule has 98 valence electrons. The third-order valence-corrected chi connectivity index (χ3v) is 2.55. The second-order valence-corrected chi connectivity index (χ2v) is 3.96. The van der Waals surface area contributed by atoms with Crippen LogP contribution in [0.4, 0.5) is 11.5 Å². The Bertz CT molecular complexity index is 618. The van der Waals surface area contributed by atoms with Crippen molar-refractivity contribution in [2.75, 3.05) is 18.2 Å². The van der Waals surface area contributed by atoms with Crippen molar-refractivity contribution < 1.29 is 9.53 Å². The van der Waals surface area contributed by atoms with Gasteiger partial charge in [0.1, 0.15) is 11.6 Å². The number of nitrogens with one attached hydrogen (secondary N) is 1. The molecule has 1 amide bonds. The Hall–Kier alpha value is -2.34. The van der Waals surface area contributed by atoms with E-state index in [2.05, 4.69) is 15.3 Å². The zero-order chi connectivity index (χ0) is 13.8. The molecule has 0 bridgehead atoms. The Balaban J connectivity index is 2.20. The SMILES string of the molecule is COc1cc(C(=O)Nc2ccnc(Cl)n2)ccc1N. The number of nitrogens with zero attached hydrogens (tertiary/aromatic N) is 2. The van der Waals surface area contributed by atoms with E-state index >= 15 is 0 Å². The molecule has 6 nitrogen and oxygen atoms in total. The summed E-state index contributed by atoms with van der Waals surface area (Å²) in [4.78, 5) is 19.6. The lowest BCUT2D eigenvalue weighted by Crippen LogP contribution is -2.13. The van der Waals surface area contributed by atoms with Gasteiger partial charge in [0.25, 0.3) is 5.91 Å². The van der Waals surface area contributed by atoms with Crippen molar-refractivity contribution in [3.05, 3.63) is 41.3 Å². The number of ether oxygens (including phenoxy) is 1. The third kappa shape index (κ3) is 3.11. The lowest BCUT2D eigenvalue weighted by Gasteiger charge is -2.08. The number of halogens is 1. The fourth-order valence-electron chi connectivity index (χ4n) is 1.45. The summed E-state index contributed by atoms with van der Waals surface area (Å²) in [6.07, 6.45) is 1.45. The molecule has 7 heteroatoms. The smallest absolute Gasteiger partial charge is 0.256 e. The highest BCUT2D eigenvalue weighted by Gasteiger charge is 2.10. The molecule has 3 N–H and O–H groups in total. The largest absolute Gasteiger partial charge is 0.495 e. The Morgan fingerprint density at radius 3 is 2.89 bits per heavy atom. The van der Waals surface area contributed by atoms with Gasteiger partial charge in [-0.15, -0.1) is 0 Å². The van der Waals surface area contributed by atoms with Gasteiger partial charge in [0, 0.05) is 11.8 Å². The highest BCUT2D eigenvalue weighted by atomic mass is 35.5.